The fourth-order valence-electron chi connectivity index (χ4n) is 2.37. The van der Waals surface area contributed by atoms with Crippen LogP contribution < -0.4 is 5.32 Å². The molecule has 2 heterocycles. The molecule has 0 aliphatic rings. The monoisotopic (exact) mass is 312 g/mol. The number of nitrogens with zero attached hydrogens (tertiary/aromatic N) is 3. The number of nitrogens with one attached hydrogen (secondary N) is 1. The molecule has 2 aromatic heterocycles. The Morgan fingerprint density at radius 3 is 2.78 bits per heavy atom. The largest absolute Gasteiger partial charge is 0.326 e. The van der Waals surface area contributed by atoms with Gasteiger partial charge in [-0.25, -0.2) is 4.39 Å². The van der Waals surface area contributed by atoms with Crippen molar-refractivity contribution in [1.82, 2.24) is 14.3 Å². The Kier molecular flexibility index (Phi) is 4.23. The van der Waals surface area contributed by atoms with Gasteiger partial charge in [0.1, 0.15) is 5.82 Å². The summed E-state index contributed by atoms with van der Waals surface area (Å²) in [5.74, 6) is -0.450. The number of halogens is 1. The van der Waals surface area contributed by atoms with Crippen LogP contribution >= 0.6 is 0 Å². The van der Waals surface area contributed by atoms with Gasteiger partial charge in [0, 0.05) is 37.7 Å². The Bertz CT molecular complexity index is 808. The minimum atomic E-state index is -0.338. The predicted molar refractivity (Wildman–Crippen MR) is 85.9 cm³/mol. The van der Waals surface area contributed by atoms with Gasteiger partial charge >= 0.3 is 0 Å². The third-order valence-electron chi connectivity index (χ3n) is 3.51. The number of aromatic nitrogens is 3. The lowest BCUT2D eigenvalue weighted by atomic mass is 10.2. The Morgan fingerprint density at radius 2 is 2.09 bits per heavy atom. The van der Waals surface area contributed by atoms with Gasteiger partial charge in [-0.05, 0) is 42.3 Å². The van der Waals surface area contributed by atoms with Crippen LogP contribution in [0.25, 0.3) is 5.69 Å². The van der Waals surface area contributed by atoms with Crippen LogP contribution in [0.4, 0.5) is 10.1 Å². The summed E-state index contributed by atoms with van der Waals surface area (Å²) in [6.07, 6.45) is 8.11. The van der Waals surface area contributed by atoms with Crippen LogP contribution in [0.5, 0.6) is 0 Å². The van der Waals surface area contributed by atoms with Crippen molar-refractivity contribution in [2.24, 2.45) is 7.05 Å². The number of hydrogen-bond acceptors (Lipinski definition) is 2. The first-order valence-electron chi connectivity index (χ1n) is 7.32. The molecule has 5 nitrogen and oxygen atoms in total. The highest BCUT2D eigenvalue weighted by Crippen LogP contribution is 2.19. The fourth-order valence-corrected chi connectivity index (χ4v) is 2.37. The number of carbonyl (C=O) groups excluding carboxylic acids is 1. The average molecular weight is 312 g/mol. The molecule has 3 rings (SSSR count). The number of carbonyl (C=O) groups is 1. The van der Waals surface area contributed by atoms with Gasteiger partial charge in [0.25, 0.3) is 0 Å². The molecule has 23 heavy (non-hydrogen) atoms. The van der Waals surface area contributed by atoms with E-state index in [0.29, 0.717) is 24.2 Å². The average Bonchev–Trinajstić information content (AvgIpc) is 3.19. The summed E-state index contributed by atoms with van der Waals surface area (Å²) in [5.41, 5.74) is 1.99. The standard InChI is InChI=1S/C17H17FN4O/c1-21-12-13(11-19-21)4-7-17(23)20-14-5-6-15(18)16(10-14)22-8-2-3-9-22/h2-3,5-6,8-12H,4,7H2,1H3,(H,20,23). The highest BCUT2D eigenvalue weighted by molar-refractivity contribution is 5.91. The molecule has 0 aliphatic carbocycles. The second-order valence-electron chi connectivity index (χ2n) is 5.33. The minimum absolute atomic E-state index is 0.112. The van der Waals surface area contributed by atoms with Crippen LogP contribution in [0, 0.1) is 5.82 Å². The SMILES string of the molecule is Cn1cc(CCC(=O)Nc2ccc(F)c(-n3cccc3)c2)cn1. The van der Waals surface area contributed by atoms with Crippen molar-refractivity contribution in [3.63, 3.8) is 0 Å². The van der Waals surface area contributed by atoms with Gasteiger partial charge in [-0.1, -0.05) is 0 Å². The lowest BCUT2D eigenvalue weighted by Crippen LogP contribution is -2.12. The van der Waals surface area contributed by atoms with Crippen molar-refractivity contribution in [3.05, 3.63) is 66.5 Å². The van der Waals surface area contributed by atoms with Crippen LogP contribution in [-0.2, 0) is 18.3 Å². The number of benzene rings is 1. The molecule has 0 bridgehead atoms. The molecular formula is C17H17FN4O. The third-order valence-corrected chi connectivity index (χ3v) is 3.51. The zero-order chi connectivity index (χ0) is 16.2. The van der Waals surface area contributed by atoms with Crippen molar-refractivity contribution in [2.75, 3.05) is 5.32 Å². The first-order valence-corrected chi connectivity index (χ1v) is 7.32. The van der Waals surface area contributed by atoms with Crippen molar-refractivity contribution < 1.29 is 9.18 Å². The summed E-state index contributed by atoms with van der Waals surface area (Å²) in [4.78, 5) is 12.0. The summed E-state index contributed by atoms with van der Waals surface area (Å²) in [5, 5.41) is 6.87. The maximum absolute atomic E-state index is 13.9. The molecule has 0 unspecified atom stereocenters. The molecule has 0 fully saturated rings. The zero-order valence-corrected chi connectivity index (χ0v) is 12.7. The van der Waals surface area contributed by atoms with Crippen LogP contribution in [0.3, 0.4) is 0 Å². The first kappa shape index (κ1) is 15.0. The zero-order valence-electron chi connectivity index (χ0n) is 12.7. The van der Waals surface area contributed by atoms with Gasteiger partial charge in [-0.15, -0.1) is 0 Å². The number of amides is 1. The Labute approximate surface area is 133 Å². The number of rotatable bonds is 5. The van der Waals surface area contributed by atoms with Crippen molar-refractivity contribution in [1.29, 1.82) is 0 Å². The molecule has 0 aliphatic heterocycles. The normalized spacial score (nSPS) is 10.7. The lowest BCUT2D eigenvalue weighted by Gasteiger charge is -2.09. The van der Waals surface area contributed by atoms with Gasteiger partial charge in [-0.3, -0.25) is 9.48 Å². The van der Waals surface area contributed by atoms with E-state index in [-0.39, 0.29) is 11.7 Å². The van der Waals surface area contributed by atoms with Crippen LogP contribution in [0.1, 0.15) is 12.0 Å². The molecule has 0 saturated carbocycles. The van der Waals surface area contributed by atoms with Gasteiger partial charge in [0.05, 0.1) is 11.9 Å². The van der Waals surface area contributed by atoms with Crippen molar-refractivity contribution >= 4 is 11.6 Å². The second kappa shape index (κ2) is 6.48. The summed E-state index contributed by atoms with van der Waals surface area (Å²) in [6.45, 7) is 0. The smallest absolute Gasteiger partial charge is 0.224 e. The quantitative estimate of drug-likeness (QED) is 0.787. The summed E-state index contributed by atoms with van der Waals surface area (Å²) < 4.78 is 17.3. The molecule has 0 radical (unpaired) electrons. The molecule has 0 atom stereocenters. The van der Waals surface area contributed by atoms with Crippen LogP contribution in [-0.4, -0.2) is 20.3 Å². The first-order chi connectivity index (χ1) is 11.1. The maximum atomic E-state index is 13.9. The Balaban J connectivity index is 1.65. The van der Waals surface area contributed by atoms with E-state index in [1.54, 1.807) is 40.0 Å². The van der Waals surface area contributed by atoms with Gasteiger partial charge < -0.3 is 9.88 Å². The van der Waals surface area contributed by atoms with Gasteiger partial charge in [-0.2, -0.15) is 5.10 Å². The van der Waals surface area contributed by atoms with E-state index in [9.17, 15) is 9.18 Å². The molecule has 0 spiro atoms. The molecule has 1 N–H and O–H groups in total. The summed E-state index contributed by atoms with van der Waals surface area (Å²) >= 11 is 0. The van der Waals surface area contributed by atoms with Crippen molar-refractivity contribution in [3.8, 4) is 5.69 Å². The van der Waals surface area contributed by atoms with Crippen LogP contribution in [0.15, 0.2) is 55.1 Å². The van der Waals surface area contributed by atoms with Gasteiger partial charge in [0.15, 0.2) is 0 Å². The molecule has 3 aromatic rings. The highest BCUT2D eigenvalue weighted by Gasteiger charge is 2.08. The van der Waals surface area contributed by atoms with E-state index in [0.717, 1.165) is 5.56 Å². The summed E-state index contributed by atoms with van der Waals surface area (Å²) in [6, 6.07) is 8.17. The topological polar surface area (TPSA) is 51.9 Å². The van der Waals surface area contributed by atoms with Crippen LogP contribution in [0.2, 0.25) is 0 Å². The fraction of sp³-hybridized carbons (Fsp3) is 0.176. The van der Waals surface area contributed by atoms with Crippen molar-refractivity contribution in [2.45, 2.75) is 12.8 Å². The van der Waals surface area contributed by atoms with E-state index in [1.807, 2.05) is 25.4 Å². The number of hydrogen-bond donors (Lipinski definition) is 1. The molecule has 1 amide bonds. The Hall–Kier alpha value is -2.89. The number of anilines is 1. The Morgan fingerprint density at radius 1 is 1.30 bits per heavy atom. The van der Waals surface area contributed by atoms with E-state index in [4.69, 9.17) is 0 Å². The second-order valence-corrected chi connectivity index (χ2v) is 5.33. The maximum Gasteiger partial charge on any atom is 0.224 e. The number of aryl methyl sites for hydroxylation is 2. The molecule has 6 heteroatoms. The predicted octanol–water partition coefficient (Wildman–Crippen LogP) is 2.92. The molecule has 0 saturated heterocycles. The lowest BCUT2D eigenvalue weighted by molar-refractivity contribution is -0.116. The van der Waals surface area contributed by atoms with E-state index < -0.39 is 0 Å². The molecular weight excluding hydrogens is 295 g/mol. The van der Waals surface area contributed by atoms with E-state index >= 15 is 0 Å². The molecule has 118 valence electrons. The summed E-state index contributed by atoms with van der Waals surface area (Å²) in [7, 11) is 1.84. The van der Waals surface area contributed by atoms with E-state index in [1.165, 1.54) is 6.07 Å². The minimum Gasteiger partial charge on any atom is -0.326 e. The van der Waals surface area contributed by atoms with E-state index in [2.05, 4.69) is 10.4 Å². The highest BCUT2D eigenvalue weighted by atomic mass is 19.1. The third kappa shape index (κ3) is 3.66. The van der Waals surface area contributed by atoms with Gasteiger partial charge in [0.2, 0.25) is 5.91 Å². The molecule has 1 aromatic carbocycles.